The first-order valence-electron chi connectivity index (χ1n) is 16.7. The van der Waals surface area contributed by atoms with Crippen LogP contribution in [0.15, 0.2) is 73.2 Å². The molecular formula is C36H42N9O4P. The molecule has 2 aromatic carbocycles. The molecule has 1 saturated heterocycles. The van der Waals surface area contributed by atoms with Crippen LogP contribution in [0.4, 0.5) is 5.69 Å². The molecule has 7 rings (SSSR count). The summed E-state index contributed by atoms with van der Waals surface area (Å²) in [4.78, 5) is 25.3. The molecule has 1 atom stereocenters. The van der Waals surface area contributed by atoms with E-state index >= 15 is 0 Å². The lowest BCUT2D eigenvalue weighted by Gasteiger charge is -2.28. The number of aromatic nitrogens is 6. The van der Waals surface area contributed by atoms with E-state index < -0.39 is 0 Å². The molecular weight excluding hydrogens is 653 g/mol. The highest BCUT2D eigenvalue weighted by Crippen LogP contribution is 2.30. The molecule has 1 amide bonds. The highest BCUT2D eigenvalue weighted by Gasteiger charge is 2.26. The van der Waals surface area contributed by atoms with E-state index in [1.54, 1.807) is 24.3 Å². The lowest BCUT2D eigenvalue weighted by atomic mass is 9.98. The summed E-state index contributed by atoms with van der Waals surface area (Å²) < 4.78 is 23.3. The van der Waals surface area contributed by atoms with Crippen molar-refractivity contribution in [3.05, 3.63) is 78.8 Å². The Labute approximate surface area is 293 Å². The van der Waals surface area contributed by atoms with Gasteiger partial charge in [0, 0.05) is 74.8 Å². The molecule has 0 spiro atoms. The van der Waals surface area contributed by atoms with Crippen molar-refractivity contribution in [3.63, 3.8) is 0 Å². The zero-order valence-corrected chi connectivity index (χ0v) is 29.6. The maximum atomic E-state index is 12.6. The van der Waals surface area contributed by atoms with Crippen molar-refractivity contribution in [1.82, 2.24) is 39.7 Å². The fourth-order valence-electron chi connectivity index (χ4n) is 6.08. The van der Waals surface area contributed by atoms with Crippen LogP contribution in [0.1, 0.15) is 32.3 Å². The van der Waals surface area contributed by atoms with Gasteiger partial charge in [0.05, 0.1) is 24.3 Å². The van der Waals surface area contributed by atoms with E-state index in [4.69, 9.17) is 9.47 Å². The lowest BCUT2D eigenvalue weighted by Crippen LogP contribution is -2.41. The molecule has 5 aromatic rings. The second-order valence-electron chi connectivity index (χ2n) is 12.6. The van der Waals surface area contributed by atoms with Crippen molar-refractivity contribution >= 4 is 36.7 Å². The second-order valence-corrected chi connectivity index (χ2v) is 13.0. The van der Waals surface area contributed by atoms with Gasteiger partial charge in [-0.25, -0.2) is 14.5 Å². The first-order valence-corrected chi connectivity index (χ1v) is 17.5. The number of anilines is 1. The zero-order valence-electron chi connectivity index (χ0n) is 28.7. The van der Waals surface area contributed by atoms with E-state index in [2.05, 4.69) is 65.6 Å². The molecule has 260 valence electrons. The molecule has 0 unspecified atom stereocenters. The smallest absolute Gasteiger partial charge is 0.279 e. The minimum absolute atomic E-state index is 0.0875. The number of likely N-dealkylation sites (tertiary alicyclic amines) is 1. The number of aryl methyl sites for hydroxylation is 1. The number of ether oxygens (including phenoxy) is 2. The highest BCUT2D eigenvalue weighted by molar-refractivity contribution is 7.25. The third kappa shape index (κ3) is 8.60. The minimum atomic E-state index is -0.135. The van der Waals surface area contributed by atoms with Crippen LogP contribution in [0.3, 0.4) is 0 Å². The summed E-state index contributed by atoms with van der Waals surface area (Å²) in [5.74, 6) is 1.54. The molecule has 13 nitrogen and oxygen atoms in total. The summed E-state index contributed by atoms with van der Waals surface area (Å²) in [7, 11) is 3.47. The number of carbonyl (C=O) groups is 1. The third-order valence-electron chi connectivity index (χ3n) is 8.70. The van der Waals surface area contributed by atoms with Crippen LogP contribution in [0.25, 0.3) is 39.1 Å². The van der Waals surface area contributed by atoms with Gasteiger partial charge in [-0.05, 0) is 62.1 Å². The van der Waals surface area contributed by atoms with Gasteiger partial charge in [-0.3, -0.25) is 19.5 Å². The van der Waals surface area contributed by atoms with E-state index in [1.165, 1.54) is 11.1 Å². The number of benzene rings is 2. The molecule has 2 aliphatic heterocycles. The van der Waals surface area contributed by atoms with Crippen molar-refractivity contribution in [2.75, 3.05) is 44.9 Å². The standard InChI is InChI=1S/C21H27N5O2.C15H15N4O2P/c1-24-15-22-21(23-24)18-5-3-16(4-6-18)17-7-11-26(12-8-17)20(27)14-25-10-9-19(13-25)28-2;1-9(2)21-14-6-3-10(8-16-14)15-12-7-11(19-22-20)4-5-13(12)17-18-15/h3-7,15,19H,8-14H2,1-2H3;3-9H,1-2H3,(H,17,18)(H,19,20)/t19-;/m0./s1. The van der Waals surface area contributed by atoms with Crippen molar-refractivity contribution in [1.29, 1.82) is 0 Å². The number of methoxy groups -OCH3 is 1. The number of amides is 1. The summed E-state index contributed by atoms with van der Waals surface area (Å²) in [6.07, 6.45) is 7.87. The second kappa shape index (κ2) is 16.2. The fraction of sp³-hybridized carbons (Fsp3) is 0.361. The largest absolute Gasteiger partial charge is 0.475 e. The average Bonchev–Trinajstić information content (AvgIpc) is 3.89. The van der Waals surface area contributed by atoms with E-state index in [0.717, 1.165) is 71.7 Å². The van der Waals surface area contributed by atoms with Crippen LogP contribution < -0.4 is 9.82 Å². The molecule has 5 heterocycles. The third-order valence-corrected chi connectivity index (χ3v) is 9.05. The number of rotatable bonds is 10. The summed E-state index contributed by atoms with van der Waals surface area (Å²) in [6.45, 7) is 7.66. The monoisotopic (exact) mass is 695 g/mol. The number of carbonyl (C=O) groups excluding carboxylic acids is 1. The Morgan fingerprint density at radius 3 is 2.50 bits per heavy atom. The Hall–Kier alpha value is -4.97. The quantitative estimate of drug-likeness (QED) is 0.171. The number of aromatic amines is 1. The Kier molecular flexibility index (Phi) is 11.3. The lowest BCUT2D eigenvalue weighted by molar-refractivity contribution is -0.131. The number of nitrogens with zero attached hydrogens (tertiary/aromatic N) is 7. The Bertz CT molecular complexity index is 1940. The maximum absolute atomic E-state index is 12.6. The molecule has 3 aromatic heterocycles. The van der Waals surface area contributed by atoms with Gasteiger partial charge in [0.15, 0.2) is 5.82 Å². The van der Waals surface area contributed by atoms with E-state index in [9.17, 15) is 9.36 Å². The number of fused-ring (bicyclic) bond motifs is 1. The predicted octanol–water partition coefficient (Wildman–Crippen LogP) is 5.85. The van der Waals surface area contributed by atoms with Crippen LogP contribution in [0.5, 0.6) is 5.88 Å². The topological polar surface area (TPSA) is 143 Å². The van der Waals surface area contributed by atoms with Crippen molar-refractivity contribution in [3.8, 4) is 28.5 Å². The van der Waals surface area contributed by atoms with Crippen molar-refractivity contribution in [2.24, 2.45) is 7.05 Å². The SMILES string of the molecule is CC(C)Oc1ccc(-c2n[nH]c3ccc(NP=O)cc23)cn1.CO[C@H]1CCN(CC(=O)N2CC=C(c3ccc(-c4ncn(C)n4)cc3)CC2)C1. The van der Waals surface area contributed by atoms with Gasteiger partial charge >= 0.3 is 0 Å². The van der Waals surface area contributed by atoms with Gasteiger partial charge in [0.2, 0.25) is 11.8 Å². The molecule has 2 aliphatic rings. The number of hydrogen-bond acceptors (Lipinski definition) is 9. The molecule has 0 aliphatic carbocycles. The van der Waals surface area contributed by atoms with Crippen LogP contribution >= 0.6 is 8.61 Å². The number of hydrogen-bond donors (Lipinski definition) is 2. The normalized spacial score (nSPS) is 16.4. The first kappa shape index (κ1) is 34.9. The summed E-state index contributed by atoms with van der Waals surface area (Å²) in [5.41, 5.74) is 6.87. The van der Waals surface area contributed by atoms with Crippen molar-refractivity contribution < 1.29 is 18.8 Å². The van der Waals surface area contributed by atoms with Gasteiger partial charge in [-0.15, -0.1) is 0 Å². The Morgan fingerprint density at radius 1 is 1.06 bits per heavy atom. The van der Waals surface area contributed by atoms with Gasteiger partial charge in [-0.1, -0.05) is 30.3 Å². The van der Waals surface area contributed by atoms with Crippen LogP contribution in [0, 0.1) is 0 Å². The Morgan fingerprint density at radius 2 is 1.86 bits per heavy atom. The van der Waals surface area contributed by atoms with Crippen molar-refractivity contribution in [2.45, 2.75) is 38.9 Å². The highest BCUT2D eigenvalue weighted by atomic mass is 31.1. The summed E-state index contributed by atoms with van der Waals surface area (Å²) >= 11 is 0. The molecule has 2 N–H and O–H groups in total. The predicted molar refractivity (Wildman–Crippen MR) is 194 cm³/mol. The average molecular weight is 696 g/mol. The van der Waals surface area contributed by atoms with Gasteiger partial charge in [0.25, 0.3) is 8.61 Å². The maximum Gasteiger partial charge on any atom is 0.279 e. The van der Waals surface area contributed by atoms with E-state index in [-0.39, 0.29) is 26.7 Å². The van der Waals surface area contributed by atoms with Crippen LogP contribution in [0.2, 0.25) is 0 Å². The molecule has 0 bridgehead atoms. The summed E-state index contributed by atoms with van der Waals surface area (Å²) in [6, 6.07) is 17.7. The van der Waals surface area contributed by atoms with E-state index in [1.807, 2.05) is 56.1 Å². The number of nitrogens with one attached hydrogen (secondary N) is 2. The van der Waals surface area contributed by atoms with Gasteiger partial charge in [-0.2, -0.15) is 10.2 Å². The number of H-pyrrole nitrogens is 1. The Balaban J connectivity index is 0.000000178. The van der Waals surface area contributed by atoms with Crippen LogP contribution in [-0.2, 0) is 21.1 Å². The molecule has 0 radical (unpaired) electrons. The molecule has 14 heteroatoms. The van der Waals surface area contributed by atoms with Crippen LogP contribution in [-0.4, -0.2) is 97.7 Å². The zero-order chi connectivity index (χ0) is 35.0. The fourth-order valence-corrected chi connectivity index (χ4v) is 6.32. The number of pyridine rings is 1. The molecule has 50 heavy (non-hydrogen) atoms. The van der Waals surface area contributed by atoms with Gasteiger partial charge < -0.3 is 19.5 Å². The first-order chi connectivity index (χ1) is 24.3. The van der Waals surface area contributed by atoms with Gasteiger partial charge in [0.1, 0.15) is 12.0 Å². The minimum Gasteiger partial charge on any atom is -0.475 e. The molecule has 1 fully saturated rings. The summed E-state index contributed by atoms with van der Waals surface area (Å²) in [5, 5.41) is 15.3. The molecule has 0 saturated carbocycles. The van der Waals surface area contributed by atoms with E-state index in [0.29, 0.717) is 19.0 Å².